The molecule has 0 bridgehead atoms. The molecule has 238 valence electrons. The standard InChI is InChI=1S/C34H34N4O7S/c1-23-15-16-45-32(23)34(43)36-28-6-4-5-25(18-28)7-8-26-17-27(20-35-19-26)33(42)37-46(3,44)30-12-9-24(10-13-30)11-14-31(41)38(2)21-29(40)22-39/h4-6,9-10,12-13,15-20,29,39-40H,11,14,21-22H2,1-3H3,(H,36,43). The summed E-state index contributed by atoms with van der Waals surface area (Å²) in [7, 11) is -1.54. The topological polar surface area (TPSA) is 162 Å². The molecule has 2 unspecified atom stereocenters. The Balaban J connectivity index is 1.41. The number of carbonyl (C=O) groups is 3. The van der Waals surface area contributed by atoms with Gasteiger partial charge in [-0.3, -0.25) is 19.4 Å². The van der Waals surface area contributed by atoms with E-state index in [1.54, 1.807) is 68.6 Å². The van der Waals surface area contributed by atoms with E-state index in [9.17, 15) is 23.7 Å². The van der Waals surface area contributed by atoms with Gasteiger partial charge in [-0.2, -0.15) is 4.36 Å². The number of benzene rings is 2. The summed E-state index contributed by atoms with van der Waals surface area (Å²) < 4.78 is 22.6. The fourth-order valence-electron chi connectivity index (χ4n) is 4.33. The van der Waals surface area contributed by atoms with Crippen molar-refractivity contribution in [1.82, 2.24) is 9.88 Å². The Morgan fingerprint density at radius 1 is 1.07 bits per heavy atom. The van der Waals surface area contributed by atoms with Crippen LogP contribution >= 0.6 is 0 Å². The van der Waals surface area contributed by atoms with Gasteiger partial charge in [-0.05, 0) is 61.4 Å². The molecule has 2 heterocycles. The summed E-state index contributed by atoms with van der Waals surface area (Å²) in [5.41, 5.74) is 3.28. The van der Waals surface area contributed by atoms with Crippen LogP contribution in [0.15, 0.2) is 93.0 Å². The van der Waals surface area contributed by atoms with E-state index in [4.69, 9.17) is 9.52 Å². The highest BCUT2D eigenvalue weighted by molar-refractivity contribution is 7.93. The van der Waals surface area contributed by atoms with Crippen LogP contribution in [0.1, 0.15) is 49.6 Å². The van der Waals surface area contributed by atoms with E-state index in [2.05, 4.69) is 26.5 Å². The number of aryl methyl sites for hydroxylation is 2. The second-order valence-electron chi connectivity index (χ2n) is 10.6. The minimum Gasteiger partial charge on any atom is -0.459 e. The predicted octanol–water partition coefficient (Wildman–Crippen LogP) is 3.68. The molecule has 0 spiro atoms. The molecule has 4 rings (SSSR count). The lowest BCUT2D eigenvalue weighted by Crippen LogP contribution is -2.35. The van der Waals surface area contributed by atoms with Crippen molar-refractivity contribution in [2.24, 2.45) is 4.36 Å². The minimum absolute atomic E-state index is 0.0366. The third kappa shape index (κ3) is 9.21. The molecule has 12 heteroatoms. The van der Waals surface area contributed by atoms with Gasteiger partial charge in [0.2, 0.25) is 5.91 Å². The lowest BCUT2D eigenvalue weighted by Gasteiger charge is -2.19. The first-order valence-corrected chi connectivity index (χ1v) is 16.2. The van der Waals surface area contributed by atoms with Crippen molar-refractivity contribution in [3.63, 3.8) is 0 Å². The summed E-state index contributed by atoms with van der Waals surface area (Å²) in [6.45, 7) is 1.39. The number of aliphatic hydroxyl groups is 2. The number of rotatable bonds is 10. The highest BCUT2D eigenvalue weighted by Crippen LogP contribution is 2.17. The number of hydrogen-bond acceptors (Lipinski definition) is 8. The number of likely N-dealkylation sites (N-methyl/N-ethyl adjacent to an activating group) is 1. The zero-order chi connectivity index (χ0) is 33.3. The Kier molecular flexibility index (Phi) is 11.2. The van der Waals surface area contributed by atoms with Crippen molar-refractivity contribution in [3.05, 3.63) is 113 Å². The van der Waals surface area contributed by atoms with Crippen molar-refractivity contribution in [2.75, 3.05) is 31.8 Å². The van der Waals surface area contributed by atoms with E-state index >= 15 is 0 Å². The Morgan fingerprint density at radius 2 is 1.80 bits per heavy atom. The van der Waals surface area contributed by atoms with Gasteiger partial charge in [0.25, 0.3) is 11.8 Å². The molecule has 3 amide bonds. The molecule has 0 aliphatic heterocycles. The largest absolute Gasteiger partial charge is 0.459 e. The highest BCUT2D eigenvalue weighted by atomic mass is 32.2. The third-order valence-corrected chi connectivity index (χ3v) is 8.55. The van der Waals surface area contributed by atoms with Crippen molar-refractivity contribution in [1.29, 1.82) is 0 Å². The van der Waals surface area contributed by atoms with Crippen LogP contribution in [0.3, 0.4) is 0 Å². The highest BCUT2D eigenvalue weighted by Gasteiger charge is 2.15. The second-order valence-corrected chi connectivity index (χ2v) is 12.9. The summed E-state index contributed by atoms with van der Waals surface area (Å²) in [4.78, 5) is 43.5. The van der Waals surface area contributed by atoms with Crippen molar-refractivity contribution >= 4 is 33.1 Å². The van der Waals surface area contributed by atoms with Crippen LogP contribution in [0, 0.1) is 18.8 Å². The van der Waals surface area contributed by atoms with Crippen LogP contribution in [0.4, 0.5) is 5.69 Å². The number of nitrogens with zero attached hydrogens (tertiary/aromatic N) is 3. The van der Waals surface area contributed by atoms with Gasteiger partial charge < -0.3 is 24.8 Å². The molecule has 0 saturated carbocycles. The number of amides is 3. The van der Waals surface area contributed by atoms with Gasteiger partial charge in [0.05, 0.1) is 34.3 Å². The second kappa shape index (κ2) is 15.3. The molecule has 46 heavy (non-hydrogen) atoms. The first kappa shape index (κ1) is 33.8. The van der Waals surface area contributed by atoms with E-state index in [1.807, 2.05) is 0 Å². The fourth-order valence-corrected chi connectivity index (χ4v) is 5.50. The maximum atomic E-state index is 13.4. The number of carbonyl (C=O) groups excluding carboxylic acids is 3. The normalized spacial score (nSPS) is 12.6. The molecule has 3 N–H and O–H groups in total. The maximum Gasteiger partial charge on any atom is 0.291 e. The molecule has 2 atom stereocenters. The molecule has 0 saturated heterocycles. The van der Waals surface area contributed by atoms with Gasteiger partial charge in [0.1, 0.15) is 0 Å². The van der Waals surface area contributed by atoms with E-state index in [1.165, 1.54) is 35.9 Å². The Bertz CT molecular complexity index is 1920. The molecule has 0 fully saturated rings. The first-order valence-electron chi connectivity index (χ1n) is 14.3. The molecular weight excluding hydrogens is 608 g/mol. The molecule has 2 aromatic carbocycles. The van der Waals surface area contributed by atoms with Crippen molar-refractivity contribution in [3.8, 4) is 11.8 Å². The summed E-state index contributed by atoms with van der Waals surface area (Å²) in [6, 6.07) is 16.9. The summed E-state index contributed by atoms with van der Waals surface area (Å²) >= 11 is 0. The zero-order valence-electron chi connectivity index (χ0n) is 25.6. The number of aromatic nitrogens is 1. The zero-order valence-corrected chi connectivity index (χ0v) is 26.4. The monoisotopic (exact) mass is 642 g/mol. The fraction of sp³-hybridized carbons (Fsp3) is 0.235. The van der Waals surface area contributed by atoms with Crippen LogP contribution < -0.4 is 5.32 Å². The quantitative estimate of drug-likeness (QED) is 0.221. The van der Waals surface area contributed by atoms with Crippen LogP contribution in [0.2, 0.25) is 0 Å². The molecule has 2 aromatic heterocycles. The summed E-state index contributed by atoms with van der Waals surface area (Å²) in [6.07, 6.45) is 5.27. The van der Waals surface area contributed by atoms with Crippen LogP contribution in [-0.4, -0.2) is 74.6 Å². The van der Waals surface area contributed by atoms with E-state index in [0.717, 1.165) is 11.1 Å². The van der Waals surface area contributed by atoms with E-state index < -0.39 is 28.3 Å². The molecule has 4 aromatic rings. The van der Waals surface area contributed by atoms with E-state index in [0.29, 0.717) is 28.1 Å². The molecular formula is C34H34N4O7S. The Hall–Kier alpha value is -5.09. The Labute approximate surface area is 267 Å². The van der Waals surface area contributed by atoms with Crippen LogP contribution in [0.5, 0.6) is 0 Å². The number of pyridine rings is 1. The van der Waals surface area contributed by atoms with Gasteiger partial charge in [0.15, 0.2) is 5.76 Å². The van der Waals surface area contributed by atoms with Crippen LogP contribution in [0.25, 0.3) is 0 Å². The van der Waals surface area contributed by atoms with Crippen molar-refractivity contribution in [2.45, 2.75) is 30.8 Å². The van der Waals surface area contributed by atoms with Gasteiger partial charge in [-0.25, -0.2) is 4.21 Å². The van der Waals surface area contributed by atoms with Gasteiger partial charge >= 0.3 is 0 Å². The average Bonchev–Trinajstić information content (AvgIpc) is 3.48. The molecule has 0 aliphatic carbocycles. The van der Waals surface area contributed by atoms with E-state index in [-0.39, 0.29) is 36.1 Å². The van der Waals surface area contributed by atoms with Gasteiger partial charge in [0, 0.05) is 65.9 Å². The van der Waals surface area contributed by atoms with Crippen molar-refractivity contribution < 1.29 is 33.2 Å². The number of nitrogens with one attached hydrogen (secondary N) is 1. The predicted molar refractivity (Wildman–Crippen MR) is 173 cm³/mol. The number of aliphatic hydroxyl groups excluding tert-OH is 2. The Morgan fingerprint density at radius 3 is 2.50 bits per heavy atom. The first-order chi connectivity index (χ1) is 21.9. The lowest BCUT2D eigenvalue weighted by molar-refractivity contribution is -0.131. The van der Waals surface area contributed by atoms with Gasteiger partial charge in [-0.1, -0.05) is 30.0 Å². The maximum absolute atomic E-state index is 13.4. The summed E-state index contributed by atoms with van der Waals surface area (Å²) in [5, 5.41) is 21.3. The number of anilines is 1. The SMILES string of the molecule is Cc1ccoc1C(=O)Nc1cccc(C#Cc2cncc(C(=O)N=S(C)(=O)c3ccc(CCC(=O)N(C)CC(O)CO)cc3)c2)c1. The molecule has 0 aliphatic rings. The smallest absolute Gasteiger partial charge is 0.291 e. The lowest BCUT2D eigenvalue weighted by atomic mass is 10.1. The van der Waals surface area contributed by atoms with Crippen LogP contribution in [-0.2, 0) is 20.9 Å². The number of hydrogen-bond donors (Lipinski definition) is 3. The minimum atomic E-state index is -3.09. The molecule has 0 radical (unpaired) electrons. The number of furan rings is 1. The average molecular weight is 643 g/mol. The summed E-state index contributed by atoms with van der Waals surface area (Å²) in [5.74, 6) is 4.91. The third-order valence-electron chi connectivity index (χ3n) is 6.89. The molecule has 11 nitrogen and oxygen atoms in total. The van der Waals surface area contributed by atoms with Gasteiger partial charge in [-0.15, -0.1) is 0 Å².